The van der Waals surface area contributed by atoms with Gasteiger partial charge in [0.05, 0.1) is 6.10 Å². The van der Waals surface area contributed by atoms with Gasteiger partial charge in [0.2, 0.25) is 0 Å². The van der Waals surface area contributed by atoms with Gasteiger partial charge in [0.25, 0.3) is 0 Å². The van der Waals surface area contributed by atoms with Crippen molar-refractivity contribution in [2.24, 2.45) is 0 Å². The van der Waals surface area contributed by atoms with Crippen LogP contribution in [0, 0.1) is 11.8 Å². The molecule has 0 bridgehead atoms. The fourth-order valence-corrected chi connectivity index (χ4v) is 3.77. The molecule has 0 aromatic carbocycles. The monoisotopic (exact) mass is 506 g/mol. The van der Waals surface area contributed by atoms with E-state index in [9.17, 15) is 15.0 Å². The van der Waals surface area contributed by atoms with Crippen molar-refractivity contribution < 1.29 is 44.6 Å². The largest absolute Gasteiger partial charge is 1.00 e. The Kier molecular flexibility index (Phi) is 33.0. The third-order valence-electron chi connectivity index (χ3n) is 5.86. The second-order valence-corrected chi connectivity index (χ2v) is 9.25. The van der Waals surface area contributed by atoms with Crippen molar-refractivity contribution in [3.8, 4) is 11.8 Å². The summed E-state index contributed by atoms with van der Waals surface area (Å²) in [5.74, 6) is 5.13. The first-order chi connectivity index (χ1) is 17.2. The molecule has 0 saturated carbocycles. The summed E-state index contributed by atoms with van der Waals surface area (Å²) < 4.78 is 0. The number of carboxylic acids is 1. The van der Waals surface area contributed by atoms with Crippen LogP contribution in [0.4, 0.5) is 0 Å². The fourth-order valence-electron chi connectivity index (χ4n) is 3.77. The Hall–Kier alpha value is -1.05. The van der Waals surface area contributed by atoms with Gasteiger partial charge in [-0.3, -0.25) is 0 Å². The number of rotatable bonds is 23. The summed E-state index contributed by atoms with van der Waals surface area (Å²) in [7, 11) is 0. The van der Waals surface area contributed by atoms with Crippen LogP contribution in [0.15, 0.2) is 48.6 Å². The van der Waals surface area contributed by atoms with Gasteiger partial charge in [-0.1, -0.05) is 126 Å². The molecule has 0 spiro atoms. The molecule has 0 aliphatic carbocycles. The predicted octanol–water partition coefficient (Wildman–Crippen LogP) is 4.76. The maximum atomic E-state index is 10.3. The van der Waals surface area contributed by atoms with E-state index < -0.39 is 12.1 Å². The number of hydrogen-bond acceptors (Lipinski definition) is 3. The quantitative estimate of drug-likeness (QED) is 0.0941. The number of aliphatic carboxylic acids is 1. The standard InChI is InChI=1S/C32H52O3.Na/c1-2-3-25-28-31(33)29-26-23-21-19-17-15-13-11-9-7-5-4-6-8-10-12-14-16-18-20-22-24-27-30-32(34)35;/h3,9,11,15,17,25-26,29,31,33H,2,4-8,10,12-14,16,18-20,22,24,27-28,30H2,1H3,(H,34,35);/q;+1/p-1/b11-9-,17-15-,25-3-,29-26+;/t31-;/m0./s1. The van der Waals surface area contributed by atoms with E-state index in [1.807, 2.05) is 6.08 Å². The molecule has 1 N–H and O–H groups in total. The maximum absolute atomic E-state index is 10.3. The van der Waals surface area contributed by atoms with E-state index in [1.165, 1.54) is 70.6 Å². The Morgan fingerprint density at radius 3 is 1.92 bits per heavy atom. The minimum Gasteiger partial charge on any atom is -0.550 e. The molecule has 4 heteroatoms. The van der Waals surface area contributed by atoms with E-state index in [0.717, 1.165) is 38.5 Å². The number of aliphatic hydroxyl groups excluding tert-OH is 1. The second kappa shape index (κ2) is 32.0. The number of aliphatic hydroxyl groups is 1. The van der Waals surface area contributed by atoms with Gasteiger partial charge in [-0.05, 0) is 57.1 Å². The van der Waals surface area contributed by atoms with E-state index in [2.05, 4.69) is 49.1 Å². The average Bonchev–Trinajstić information content (AvgIpc) is 2.84. The third kappa shape index (κ3) is 33.0. The molecule has 0 saturated heterocycles. The van der Waals surface area contributed by atoms with E-state index in [1.54, 1.807) is 12.2 Å². The van der Waals surface area contributed by atoms with E-state index >= 15 is 0 Å². The first kappa shape index (κ1) is 37.1. The van der Waals surface area contributed by atoms with Crippen molar-refractivity contribution in [1.29, 1.82) is 0 Å². The molecule has 198 valence electrons. The van der Waals surface area contributed by atoms with Gasteiger partial charge in [-0.25, -0.2) is 0 Å². The first-order valence-corrected chi connectivity index (χ1v) is 14.1. The molecule has 0 unspecified atom stereocenters. The molecule has 0 aromatic rings. The summed E-state index contributed by atoms with van der Waals surface area (Å²) in [6.07, 6.45) is 36.9. The molecule has 0 amide bonds. The molecule has 3 nitrogen and oxygen atoms in total. The minimum absolute atomic E-state index is 0. The number of allylic oxidation sites excluding steroid dienone is 6. The molecule has 0 radical (unpaired) electrons. The Balaban J connectivity index is 0. The number of carboxylic acid groups (broad SMARTS) is 1. The van der Waals surface area contributed by atoms with Gasteiger partial charge in [-0.15, -0.1) is 0 Å². The van der Waals surface area contributed by atoms with Gasteiger partial charge < -0.3 is 15.0 Å². The molecular weight excluding hydrogens is 455 g/mol. The molecule has 0 fully saturated rings. The van der Waals surface area contributed by atoms with Gasteiger partial charge in [0, 0.05) is 12.4 Å². The molecular formula is C32H51NaO3. The van der Waals surface area contributed by atoms with Crippen LogP contribution < -0.4 is 34.7 Å². The van der Waals surface area contributed by atoms with Crippen molar-refractivity contribution in [3.05, 3.63) is 48.6 Å². The molecule has 0 aromatic heterocycles. The zero-order chi connectivity index (χ0) is 25.7. The number of carbonyl (C=O) groups is 1. The predicted molar refractivity (Wildman–Crippen MR) is 149 cm³/mol. The topological polar surface area (TPSA) is 60.4 Å². The van der Waals surface area contributed by atoms with Crippen LogP contribution in [0.5, 0.6) is 0 Å². The van der Waals surface area contributed by atoms with E-state index in [0.29, 0.717) is 6.42 Å². The molecule has 0 rings (SSSR count). The van der Waals surface area contributed by atoms with Crippen LogP contribution in [0.1, 0.15) is 129 Å². The average molecular weight is 507 g/mol. The van der Waals surface area contributed by atoms with E-state index in [-0.39, 0.29) is 36.0 Å². The number of unbranched alkanes of at least 4 members (excludes halogenated alkanes) is 13. The Morgan fingerprint density at radius 2 is 1.33 bits per heavy atom. The van der Waals surface area contributed by atoms with Gasteiger partial charge in [0.15, 0.2) is 0 Å². The second-order valence-electron chi connectivity index (χ2n) is 9.25. The van der Waals surface area contributed by atoms with Crippen molar-refractivity contribution in [3.63, 3.8) is 0 Å². The SMILES string of the molecule is CC/C=C\C[C@H](O)/C=C/C#CC/C=C\C/C=C\CCCCCCCCCCCCCCCC(=O)[O-].[Na+]. The van der Waals surface area contributed by atoms with Gasteiger partial charge >= 0.3 is 29.6 Å². The summed E-state index contributed by atoms with van der Waals surface area (Å²) in [6, 6.07) is 0. The van der Waals surface area contributed by atoms with Crippen LogP contribution in [0.25, 0.3) is 0 Å². The minimum atomic E-state index is -0.915. The molecule has 0 aliphatic rings. The summed E-state index contributed by atoms with van der Waals surface area (Å²) in [5.41, 5.74) is 0. The summed E-state index contributed by atoms with van der Waals surface area (Å²) in [4.78, 5) is 10.3. The maximum Gasteiger partial charge on any atom is 1.00 e. The van der Waals surface area contributed by atoms with Crippen molar-refractivity contribution in [2.75, 3.05) is 0 Å². The third-order valence-corrected chi connectivity index (χ3v) is 5.86. The zero-order valence-electron chi connectivity index (χ0n) is 23.4. The number of hydrogen-bond donors (Lipinski definition) is 1. The number of carbonyl (C=O) groups excluding carboxylic acids is 1. The normalized spacial score (nSPS) is 12.4. The van der Waals surface area contributed by atoms with Crippen LogP contribution in [0.3, 0.4) is 0 Å². The molecule has 0 heterocycles. The van der Waals surface area contributed by atoms with Crippen molar-refractivity contribution in [2.45, 2.75) is 135 Å². The van der Waals surface area contributed by atoms with Gasteiger partial charge in [0.1, 0.15) is 0 Å². The summed E-state index contributed by atoms with van der Waals surface area (Å²) in [6.45, 7) is 2.08. The molecule has 36 heavy (non-hydrogen) atoms. The van der Waals surface area contributed by atoms with Gasteiger partial charge in [-0.2, -0.15) is 0 Å². The van der Waals surface area contributed by atoms with Crippen LogP contribution in [0.2, 0.25) is 0 Å². The van der Waals surface area contributed by atoms with E-state index in [4.69, 9.17) is 0 Å². The Bertz CT molecular complexity index is 652. The van der Waals surface area contributed by atoms with Crippen LogP contribution in [-0.4, -0.2) is 17.2 Å². The Labute approximate surface area is 244 Å². The van der Waals surface area contributed by atoms with Crippen LogP contribution in [-0.2, 0) is 4.79 Å². The van der Waals surface area contributed by atoms with Crippen LogP contribution >= 0.6 is 0 Å². The smallest absolute Gasteiger partial charge is 0.550 e. The Morgan fingerprint density at radius 1 is 0.778 bits per heavy atom. The molecule has 1 atom stereocenters. The zero-order valence-corrected chi connectivity index (χ0v) is 25.4. The first-order valence-electron chi connectivity index (χ1n) is 14.1. The summed E-state index contributed by atoms with van der Waals surface area (Å²) in [5, 5.41) is 20.1. The summed E-state index contributed by atoms with van der Waals surface area (Å²) >= 11 is 0. The molecule has 0 aliphatic heterocycles. The fraction of sp³-hybridized carbons (Fsp3) is 0.656. The van der Waals surface area contributed by atoms with Crippen molar-refractivity contribution in [1.82, 2.24) is 0 Å². The van der Waals surface area contributed by atoms with Crippen molar-refractivity contribution >= 4 is 5.97 Å².